The van der Waals surface area contributed by atoms with Gasteiger partial charge in [0.1, 0.15) is 0 Å². The van der Waals surface area contributed by atoms with Gasteiger partial charge in [-0.25, -0.2) is 4.98 Å². The molecular weight excluding hydrogens is 246 g/mol. The highest BCUT2D eigenvalue weighted by atomic mass is 32.1. The molecular formula is C14H15NO2S. The molecule has 0 bridgehead atoms. The fraction of sp³-hybridized carbons (Fsp3) is 0.357. The Hall–Kier alpha value is -1.55. The fourth-order valence-electron chi connectivity index (χ4n) is 2.08. The summed E-state index contributed by atoms with van der Waals surface area (Å²) < 4.78 is 10.8. The van der Waals surface area contributed by atoms with Crippen LogP contribution in [-0.4, -0.2) is 11.8 Å². The predicted octanol–water partition coefficient (Wildman–Crippen LogP) is 3.97. The van der Waals surface area contributed by atoms with Crippen molar-refractivity contribution in [2.24, 2.45) is 0 Å². The molecule has 94 valence electrons. The van der Waals surface area contributed by atoms with E-state index in [1.54, 1.807) is 11.3 Å². The zero-order valence-corrected chi connectivity index (χ0v) is 11.5. The fourth-order valence-corrected chi connectivity index (χ4v) is 3.15. The standard InChI is InChI=1S/C14H15NO2S/c1-8(2)13-14(18-9(3)15-13)10-4-5-11-12(6-10)17-7-16-11/h4-6,8H,7H2,1-3H3. The summed E-state index contributed by atoms with van der Waals surface area (Å²) >= 11 is 1.73. The van der Waals surface area contributed by atoms with Crippen molar-refractivity contribution in [3.63, 3.8) is 0 Å². The normalized spacial score (nSPS) is 13.3. The summed E-state index contributed by atoms with van der Waals surface area (Å²) in [6, 6.07) is 6.09. The first-order valence-electron chi connectivity index (χ1n) is 6.02. The Morgan fingerprint density at radius 1 is 1.22 bits per heavy atom. The molecule has 1 aromatic carbocycles. The zero-order chi connectivity index (χ0) is 12.7. The number of hydrogen-bond acceptors (Lipinski definition) is 4. The Balaban J connectivity index is 2.09. The Bertz CT molecular complexity index is 589. The Morgan fingerprint density at radius 3 is 2.78 bits per heavy atom. The van der Waals surface area contributed by atoms with E-state index in [0.29, 0.717) is 12.7 Å². The van der Waals surface area contributed by atoms with E-state index >= 15 is 0 Å². The third-order valence-corrected chi connectivity index (χ3v) is 3.98. The lowest BCUT2D eigenvalue weighted by Gasteiger charge is -2.06. The van der Waals surface area contributed by atoms with Crippen molar-refractivity contribution in [3.8, 4) is 21.9 Å². The van der Waals surface area contributed by atoms with Gasteiger partial charge in [-0.2, -0.15) is 0 Å². The number of rotatable bonds is 2. The van der Waals surface area contributed by atoms with E-state index in [9.17, 15) is 0 Å². The van der Waals surface area contributed by atoms with Crippen LogP contribution in [-0.2, 0) is 0 Å². The topological polar surface area (TPSA) is 31.4 Å². The molecule has 2 aromatic rings. The van der Waals surface area contributed by atoms with Crippen molar-refractivity contribution in [1.29, 1.82) is 0 Å². The van der Waals surface area contributed by atoms with Crippen LogP contribution in [0.5, 0.6) is 11.5 Å². The lowest BCUT2D eigenvalue weighted by Crippen LogP contribution is -1.93. The van der Waals surface area contributed by atoms with Crippen LogP contribution in [0.15, 0.2) is 18.2 Å². The van der Waals surface area contributed by atoms with Crippen molar-refractivity contribution in [2.75, 3.05) is 6.79 Å². The molecule has 0 unspecified atom stereocenters. The van der Waals surface area contributed by atoms with E-state index in [2.05, 4.69) is 24.9 Å². The summed E-state index contributed by atoms with van der Waals surface area (Å²) in [5.41, 5.74) is 2.32. The van der Waals surface area contributed by atoms with Crippen molar-refractivity contribution < 1.29 is 9.47 Å². The van der Waals surface area contributed by atoms with Crippen molar-refractivity contribution in [1.82, 2.24) is 4.98 Å². The minimum atomic E-state index is 0.317. The van der Waals surface area contributed by atoms with Gasteiger partial charge in [0.25, 0.3) is 0 Å². The van der Waals surface area contributed by atoms with Gasteiger partial charge in [0.05, 0.1) is 15.6 Å². The number of benzene rings is 1. The maximum Gasteiger partial charge on any atom is 0.231 e. The van der Waals surface area contributed by atoms with Gasteiger partial charge >= 0.3 is 0 Å². The second-order valence-electron chi connectivity index (χ2n) is 4.67. The number of aryl methyl sites for hydroxylation is 1. The van der Waals surface area contributed by atoms with E-state index in [4.69, 9.17) is 9.47 Å². The number of fused-ring (bicyclic) bond motifs is 1. The molecule has 0 saturated heterocycles. The van der Waals surface area contributed by atoms with Crippen LogP contribution >= 0.6 is 11.3 Å². The molecule has 1 aliphatic rings. The molecule has 0 spiro atoms. The number of hydrogen-bond donors (Lipinski definition) is 0. The summed E-state index contributed by atoms with van der Waals surface area (Å²) in [5.74, 6) is 2.08. The van der Waals surface area contributed by atoms with E-state index in [-0.39, 0.29) is 0 Å². The molecule has 0 fully saturated rings. The average Bonchev–Trinajstić information content (AvgIpc) is 2.93. The van der Waals surface area contributed by atoms with Crippen LogP contribution in [0.3, 0.4) is 0 Å². The molecule has 18 heavy (non-hydrogen) atoms. The van der Waals surface area contributed by atoms with Gasteiger partial charge in [-0.15, -0.1) is 11.3 Å². The van der Waals surface area contributed by atoms with Crippen LogP contribution < -0.4 is 9.47 Å². The molecule has 0 radical (unpaired) electrons. The van der Waals surface area contributed by atoms with Crippen molar-refractivity contribution >= 4 is 11.3 Å². The number of nitrogens with zero attached hydrogens (tertiary/aromatic N) is 1. The van der Waals surface area contributed by atoms with Crippen LogP contribution in [0.4, 0.5) is 0 Å². The Morgan fingerprint density at radius 2 is 2.00 bits per heavy atom. The first-order valence-corrected chi connectivity index (χ1v) is 6.84. The molecule has 1 aliphatic heterocycles. The zero-order valence-electron chi connectivity index (χ0n) is 10.7. The van der Waals surface area contributed by atoms with Gasteiger partial charge in [0.15, 0.2) is 11.5 Å². The molecule has 0 amide bonds. The van der Waals surface area contributed by atoms with E-state index < -0.39 is 0 Å². The van der Waals surface area contributed by atoms with Gasteiger partial charge in [0, 0.05) is 0 Å². The summed E-state index contributed by atoms with van der Waals surface area (Å²) in [6.07, 6.45) is 0. The Kier molecular flexibility index (Phi) is 2.74. The number of ether oxygens (including phenoxy) is 2. The molecule has 0 aliphatic carbocycles. The van der Waals surface area contributed by atoms with Gasteiger partial charge in [-0.05, 0) is 36.6 Å². The molecule has 3 nitrogen and oxygen atoms in total. The second-order valence-corrected chi connectivity index (χ2v) is 5.87. The predicted molar refractivity (Wildman–Crippen MR) is 72.5 cm³/mol. The van der Waals surface area contributed by atoms with E-state index in [1.807, 2.05) is 19.1 Å². The Labute approximate surface area is 110 Å². The van der Waals surface area contributed by atoms with Crippen LogP contribution in [0.1, 0.15) is 30.5 Å². The van der Waals surface area contributed by atoms with Crippen LogP contribution in [0.2, 0.25) is 0 Å². The smallest absolute Gasteiger partial charge is 0.231 e. The minimum absolute atomic E-state index is 0.317. The largest absolute Gasteiger partial charge is 0.454 e. The van der Waals surface area contributed by atoms with Gasteiger partial charge < -0.3 is 9.47 Å². The summed E-state index contributed by atoms with van der Waals surface area (Å²) in [5, 5.41) is 1.10. The first-order chi connectivity index (χ1) is 8.65. The maximum atomic E-state index is 5.43. The van der Waals surface area contributed by atoms with Crippen LogP contribution in [0.25, 0.3) is 10.4 Å². The summed E-state index contributed by atoms with van der Waals surface area (Å²) in [4.78, 5) is 5.86. The third kappa shape index (κ3) is 1.86. The van der Waals surface area contributed by atoms with Gasteiger partial charge in [0.2, 0.25) is 6.79 Å². The quantitative estimate of drug-likeness (QED) is 0.819. The highest BCUT2D eigenvalue weighted by Gasteiger charge is 2.18. The molecule has 0 atom stereocenters. The highest BCUT2D eigenvalue weighted by molar-refractivity contribution is 7.15. The van der Waals surface area contributed by atoms with Gasteiger partial charge in [-0.1, -0.05) is 13.8 Å². The lowest BCUT2D eigenvalue weighted by atomic mass is 10.0. The minimum Gasteiger partial charge on any atom is -0.454 e. The monoisotopic (exact) mass is 261 g/mol. The number of thiazole rings is 1. The lowest BCUT2D eigenvalue weighted by molar-refractivity contribution is 0.174. The maximum absolute atomic E-state index is 5.43. The number of aromatic nitrogens is 1. The third-order valence-electron chi connectivity index (χ3n) is 2.94. The molecule has 2 heterocycles. The molecule has 3 rings (SSSR count). The van der Waals surface area contributed by atoms with Crippen molar-refractivity contribution in [3.05, 3.63) is 28.9 Å². The summed E-state index contributed by atoms with van der Waals surface area (Å²) in [6.45, 7) is 6.71. The second kappa shape index (κ2) is 4.28. The highest BCUT2D eigenvalue weighted by Crippen LogP contribution is 2.40. The molecule has 0 saturated carbocycles. The summed E-state index contributed by atoms with van der Waals surface area (Å²) in [7, 11) is 0. The van der Waals surface area contributed by atoms with Crippen molar-refractivity contribution in [2.45, 2.75) is 26.7 Å². The molecule has 0 N–H and O–H groups in total. The SMILES string of the molecule is Cc1nc(C(C)C)c(-c2ccc3c(c2)OCO3)s1. The molecule has 4 heteroatoms. The average molecular weight is 261 g/mol. The first kappa shape index (κ1) is 11.5. The van der Waals surface area contributed by atoms with Gasteiger partial charge in [-0.3, -0.25) is 0 Å². The molecule has 1 aromatic heterocycles. The van der Waals surface area contributed by atoms with Crippen LogP contribution in [0, 0.1) is 6.92 Å². The van der Waals surface area contributed by atoms with E-state index in [1.165, 1.54) is 4.88 Å². The van der Waals surface area contributed by atoms with E-state index in [0.717, 1.165) is 27.8 Å².